The first-order valence-corrected chi connectivity index (χ1v) is 8.67. The Hall–Kier alpha value is -0.620. The van der Waals surface area contributed by atoms with Crippen molar-refractivity contribution in [3.63, 3.8) is 0 Å². The molecule has 1 aromatic carbocycles. The van der Waals surface area contributed by atoms with Crippen molar-refractivity contribution in [2.75, 3.05) is 13.2 Å². The number of aliphatic hydroxyl groups is 1. The molecule has 0 unspecified atom stereocenters. The van der Waals surface area contributed by atoms with E-state index in [0.717, 1.165) is 18.4 Å². The molecule has 0 radical (unpaired) electrons. The summed E-state index contributed by atoms with van der Waals surface area (Å²) in [7, 11) is -3.55. The van der Waals surface area contributed by atoms with Crippen LogP contribution in [0.25, 0.3) is 0 Å². The van der Waals surface area contributed by atoms with Crippen molar-refractivity contribution in [1.29, 1.82) is 0 Å². The minimum atomic E-state index is -3.55. The van der Waals surface area contributed by atoms with Gasteiger partial charge in [-0.3, -0.25) is 0 Å². The fourth-order valence-electron chi connectivity index (χ4n) is 2.18. The van der Waals surface area contributed by atoms with Gasteiger partial charge in [0.25, 0.3) is 0 Å². The maximum Gasteiger partial charge on any atom is 0.244 e. The van der Waals surface area contributed by atoms with Crippen molar-refractivity contribution in [3.8, 4) is 0 Å². The molecule has 0 saturated heterocycles. The first-order valence-electron chi connectivity index (χ1n) is 6.85. The van der Waals surface area contributed by atoms with Crippen molar-refractivity contribution in [2.45, 2.75) is 43.5 Å². The Morgan fingerprint density at radius 2 is 2.05 bits per heavy atom. The normalized spacial score (nSPS) is 15.8. The molecule has 1 saturated carbocycles. The molecule has 2 rings (SSSR count). The molecule has 1 fully saturated rings. The average Bonchev–Trinajstić information content (AvgIpc) is 3.18. The molecule has 0 bridgehead atoms. The molecule has 0 atom stereocenters. The second kappa shape index (κ2) is 6.43. The van der Waals surface area contributed by atoms with Gasteiger partial charge in [0.2, 0.25) is 10.0 Å². The molecular formula is C14H20ClNO3S. The number of hydrogen-bond acceptors (Lipinski definition) is 3. The van der Waals surface area contributed by atoms with Gasteiger partial charge in [0.1, 0.15) is 4.90 Å². The van der Waals surface area contributed by atoms with Crippen LogP contribution in [0.1, 0.15) is 31.2 Å². The lowest BCUT2D eigenvalue weighted by molar-refractivity contribution is 0.275. The van der Waals surface area contributed by atoms with E-state index in [1.165, 1.54) is 0 Å². The summed E-state index contributed by atoms with van der Waals surface area (Å²) in [6.45, 7) is 2.41. The van der Waals surface area contributed by atoms with E-state index in [1.807, 2.05) is 6.92 Å². The van der Waals surface area contributed by atoms with Crippen LogP contribution in [0.5, 0.6) is 0 Å². The third-order valence-corrected chi connectivity index (χ3v) is 5.85. The number of rotatable bonds is 7. The molecule has 1 aliphatic rings. The molecule has 112 valence electrons. The zero-order chi connectivity index (χ0) is 14.8. The summed E-state index contributed by atoms with van der Waals surface area (Å²) in [4.78, 5) is 0.181. The Kier molecular flexibility index (Phi) is 5.07. The summed E-state index contributed by atoms with van der Waals surface area (Å²) in [6.07, 6.45) is 3.08. The monoisotopic (exact) mass is 317 g/mol. The summed E-state index contributed by atoms with van der Waals surface area (Å²) >= 11 is 6.10. The first kappa shape index (κ1) is 15.8. The Bertz CT molecular complexity index is 570. The van der Waals surface area contributed by atoms with Crippen molar-refractivity contribution >= 4 is 21.6 Å². The number of hydrogen-bond donors (Lipinski definition) is 1. The van der Waals surface area contributed by atoms with Crippen LogP contribution in [0.4, 0.5) is 0 Å². The summed E-state index contributed by atoms with van der Waals surface area (Å²) in [5, 5.41) is 9.11. The Balaban J connectivity index is 2.25. The molecule has 6 heteroatoms. The molecule has 0 heterocycles. The Labute approximate surface area is 125 Å². The van der Waals surface area contributed by atoms with Crippen LogP contribution in [0.3, 0.4) is 0 Å². The summed E-state index contributed by atoms with van der Waals surface area (Å²) in [5.74, 6) is 0. The molecule has 1 aromatic rings. The summed E-state index contributed by atoms with van der Waals surface area (Å²) in [6, 6.07) is 5.11. The van der Waals surface area contributed by atoms with Crippen molar-refractivity contribution in [1.82, 2.24) is 4.31 Å². The topological polar surface area (TPSA) is 57.6 Å². The van der Waals surface area contributed by atoms with E-state index in [-0.39, 0.29) is 22.6 Å². The molecule has 20 heavy (non-hydrogen) atoms. The first-order chi connectivity index (χ1) is 9.46. The lowest BCUT2D eigenvalue weighted by Crippen LogP contribution is -2.34. The van der Waals surface area contributed by atoms with Gasteiger partial charge in [0, 0.05) is 19.2 Å². The number of benzene rings is 1. The van der Waals surface area contributed by atoms with Crippen LogP contribution in [0.2, 0.25) is 5.02 Å². The van der Waals surface area contributed by atoms with Crippen molar-refractivity contribution < 1.29 is 13.5 Å². The zero-order valence-corrected chi connectivity index (χ0v) is 13.1. The third kappa shape index (κ3) is 3.52. The fraction of sp³-hybridized carbons (Fsp3) is 0.571. The molecule has 0 spiro atoms. The summed E-state index contributed by atoms with van der Waals surface area (Å²) < 4.78 is 27.0. The number of halogens is 1. The second-order valence-corrected chi connectivity index (χ2v) is 7.48. The van der Waals surface area contributed by atoms with E-state index in [2.05, 4.69) is 0 Å². The van der Waals surface area contributed by atoms with Gasteiger partial charge in [0.05, 0.1) is 5.02 Å². The van der Waals surface area contributed by atoms with Gasteiger partial charge in [0.15, 0.2) is 0 Å². The Morgan fingerprint density at radius 1 is 1.35 bits per heavy atom. The quantitative estimate of drug-likeness (QED) is 0.786. The third-order valence-electron chi connectivity index (χ3n) is 3.41. The van der Waals surface area contributed by atoms with Crippen LogP contribution in [0, 0.1) is 6.92 Å². The predicted octanol–water partition coefficient (Wildman–Crippen LogP) is 2.57. The fourth-order valence-corrected chi connectivity index (χ4v) is 4.48. The number of unbranched alkanes of at least 4 members (excludes halogenated alkanes) is 1. The van der Waals surface area contributed by atoms with Gasteiger partial charge < -0.3 is 5.11 Å². The van der Waals surface area contributed by atoms with Gasteiger partial charge in [-0.1, -0.05) is 17.7 Å². The number of sulfonamides is 1. The molecule has 0 aromatic heterocycles. The van der Waals surface area contributed by atoms with Crippen LogP contribution in [-0.2, 0) is 10.0 Å². The highest BCUT2D eigenvalue weighted by Crippen LogP contribution is 2.34. The smallest absolute Gasteiger partial charge is 0.244 e. The number of aliphatic hydroxyl groups excluding tert-OH is 1. The number of nitrogens with zero attached hydrogens (tertiary/aromatic N) is 1. The van der Waals surface area contributed by atoms with Crippen molar-refractivity contribution in [2.24, 2.45) is 0 Å². The molecule has 4 nitrogen and oxygen atoms in total. The zero-order valence-electron chi connectivity index (χ0n) is 11.5. The van der Waals surface area contributed by atoms with Gasteiger partial charge >= 0.3 is 0 Å². The molecule has 1 aliphatic carbocycles. The van der Waals surface area contributed by atoms with E-state index in [9.17, 15) is 8.42 Å². The maximum absolute atomic E-state index is 12.7. The predicted molar refractivity (Wildman–Crippen MR) is 79.4 cm³/mol. The van der Waals surface area contributed by atoms with Crippen molar-refractivity contribution in [3.05, 3.63) is 28.8 Å². The maximum atomic E-state index is 12.7. The molecule has 0 aliphatic heterocycles. The highest BCUT2D eigenvalue weighted by Gasteiger charge is 2.38. The molecule has 0 amide bonds. The van der Waals surface area contributed by atoms with E-state index in [4.69, 9.17) is 16.7 Å². The number of aryl methyl sites for hydroxylation is 1. The standard InChI is InChI=1S/C14H20ClNO3S/c1-11-4-7-14(13(15)10-11)20(18,19)16(12-5-6-12)8-2-3-9-17/h4,7,10,12,17H,2-3,5-6,8-9H2,1H3. The lowest BCUT2D eigenvalue weighted by atomic mass is 10.2. The van der Waals surface area contributed by atoms with Gasteiger partial charge in [-0.2, -0.15) is 4.31 Å². The largest absolute Gasteiger partial charge is 0.396 e. The minimum absolute atomic E-state index is 0.0871. The highest BCUT2D eigenvalue weighted by molar-refractivity contribution is 7.89. The molecular weight excluding hydrogens is 298 g/mol. The minimum Gasteiger partial charge on any atom is -0.396 e. The Morgan fingerprint density at radius 3 is 2.60 bits per heavy atom. The highest BCUT2D eigenvalue weighted by atomic mass is 35.5. The van der Waals surface area contributed by atoms with Gasteiger partial charge in [-0.15, -0.1) is 0 Å². The van der Waals surface area contributed by atoms with Crippen LogP contribution < -0.4 is 0 Å². The van der Waals surface area contributed by atoms with E-state index >= 15 is 0 Å². The van der Waals surface area contributed by atoms with Gasteiger partial charge in [-0.05, 0) is 50.3 Å². The van der Waals surface area contributed by atoms with Crippen LogP contribution in [-0.4, -0.2) is 37.0 Å². The van der Waals surface area contributed by atoms with Crippen LogP contribution in [0.15, 0.2) is 23.1 Å². The van der Waals surface area contributed by atoms with Crippen LogP contribution >= 0.6 is 11.6 Å². The second-order valence-electron chi connectivity index (χ2n) is 5.21. The lowest BCUT2D eigenvalue weighted by Gasteiger charge is -2.22. The average molecular weight is 318 g/mol. The summed E-state index contributed by atoms with van der Waals surface area (Å²) in [5.41, 5.74) is 0.937. The van der Waals surface area contributed by atoms with Gasteiger partial charge in [-0.25, -0.2) is 8.42 Å². The van der Waals surface area contributed by atoms with E-state index < -0.39 is 10.0 Å². The van der Waals surface area contributed by atoms with E-state index in [0.29, 0.717) is 19.4 Å². The van der Waals surface area contributed by atoms with E-state index in [1.54, 1.807) is 22.5 Å². The SMILES string of the molecule is Cc1ccc(S(=O)(=O)N(CCCCO)C2CC2)c(Cl)c1. The molecule has 1 N–H and O–H groups in total.